The Bertz CT molecular complexity index is 830. The monoisotopic (exact) mass is 478 g/mol. The van der Waals surface area contributed by atoms with Gasteiger partial charge in [0.25, 0.3) is 11.8 Å². The number of fused-ring (bicyclic) bond motifs is 3. The first kappa shape index (κ1) is 26.1. The van der Waals surface area contributed by atoms with Crippen molar-refractivity contribution in [1.82, 2.24) is 0 Å². The average Bonchev–Trinajstić information content (AvgIpc) is 2.73. The van der Waals surface area contributed by atoms with Crippen molar-refractivity contribution in [3.8, 4) is 0 Å². The van der Waals surface area contributed by atoms with Gasteiger partial charge in [-0.3, -0.25) is 9.59 Å². The third kappa shape index (κ3) is 6.23. The number of hydrogen-bond acceptors (Lipinski definition) is 2. The molecule has 5 rings (SSSR count). The lowest BCUT2D eigenvalue weighted by Crippen LogP contribution is -3.00. The lowest BCUT2D eigenvalue weighted by molar-refractivity contribution is -1.07. The van der Waals surface area contributed by atoms with Gasteiger partial charge in [0.1, 0.15) is 39.3 Å². The highest BCUT2D eigenvalue weighted by molar-refractivity contribution is 5.92. The number of rotatable bonds is 6. The van der Waals surface area contributed by atoms with Crippen molar-refractivity contribution in [1.29, 1.82) is 0 Å². The highest BCUT2D eigenvalue weighted by Crippen LogP contribution is 2.27. The molecule has 0 aliphatic carbocycles. The summed E-state index contributed by atoms with van der Waals surface area (Å²) in [4.78, 5) is 25.3. The van der Waals surface area contributed by atoms with E-state index < -0.39 is 0 Å². The van der Waals surface area contributed by atoms with Crippen LogP contribution in [0.1, 0.15) is 11.1 Å². The van der Waals surface area contributed by atoms with E-state index >= 15 is 0 Å². The highest BCUT2D eigenvalue weighted by Gasteiger charge is 2.50. The van der Waals surface area contributed by atoms with Crippen LogP contribution >= 0.6 is 0 Å². The lowest BCUT2D eigenvalue weighted by Gasteiger charge is -2.54. The van der Waals surface area contributed by atoms with E-state index in [1.54, 1.807) is 0 Å². The van der Waals surface area contributed by atoms with Crippen molar-refractivity contribution in [3.63, 3.8) is 0 Å². The number of quaternary nitrogens is 2. The number of aryl methyl sites for hydroxylation is 2. The van der Waals surface area contributed by atoms with Crippen LogP contribution in [0.4, 0.5) is 11.4 Å². The molecule has 3 aliphatic heterocycles. The molecule has 2 amide bonds. The van der Waals surface area contributed by atoms with E-state index in [1.165, 1.54) is 11.1 Å². The van der Waals surface area contributed by atoms with Crippen molar-refractivity contribution >= 4 is 23.2 Å². The maximum Gasteiger partial charge on any atom is 0.279 e. The van der Waals surface area contributed by atoms with Crippen LogP contribution < -0.4 is 35.4 Å². The molecule has 0 saturated carbocycles. The first-order valence-corrected chi connectivity index (χ1v) is 10.8. The Kier molecular flexibility index (Phi) is 8.71. The minimum absolute atomic E-state index is 0. The Morgan fingerprint density at radius 3 is 1.19 bits per heavy atom. The van der Waals surface area contributed by atoms with E-state index in [4.69, 9.17) is 0 Å². The Hall–Kier alpha value is -2.12. The first-order chi connectivity index (χ1) is 14.4. The summed E-state index contributed by atoms with van der Waals surface area (Å²) in [6.45, 7) is 10.9. The minimum Gasteiger partial charge on any atom is -1.00 e. The summed E-state index contributed by atoms with van der Waals surface area (Å²) >= 11 is 0. The van der Waals surface area contributed by atoms with Crippen molar-refractivity contribution in [3.05, 3.63) is 59.7 Å². The zero-order valence-corrected chi connectivity index (χ0v) is 20.3. The molecule has 32 heavy (non-hydrogen) atoms. The molecule has 2 aromatic carbocycles. The van der Waals surface area contributed by atoms with Gasteiger partial charge in [-0.25, -0.2) is 0 Å². The molecular weight excluding hydrogens is 447 g/mol. The molecule has 2 N–H and O–H groups in total. The molecule has 3 heterocycles. The number of hydrogen-bond donors (Lipinski definition) is 2. The van der Waals surface area contributed by atoms with E-state index in [9.17, 15) is 9.59 Å². The quantitative estimate of drug-likeness (QED) is 0.424. The van der Waals surface area contributed by atoms with Gasteiger partial charge < -0.3 is 44.4 Å². The molecule has 3 aliphatic rings. The number of halogens is 2. The SMILES string of the molecule is Cc1ccc(NC(=O)C[N+]23CC[N+](CC(=O)Nc4ccc(C)cc4)(CC2)CC3)cc1.[Cl-].[Cl-]. The number of benzene rings is 2. The molecule has 174 valence electrons. The largest absolute Gasteiger partial charge is 1.00 e. The summed E-state index contributed by atoms with van der Waals surface area (Å²) in [5.41, 5.74) is 4.08. The third-order valence-corrected chi connectivity index (χ3v) is 6.77. The van der Waals surface area contributed by atoms with Gasteiger partial charge in [-0.15, -0.1) is 0 Å². The van der Waals surface area contributed by atoms with Crippen molar-refractivity contribution in [2.75, 3.05) is 63.0 Å². The molecule has 2 bridgehead atoms. The molecule has 0 unspecified atom stereocenters. The van der Waals surface area contributed by atoms with Gasteiger partial charge in [0, 0.05) is 11.4 Å². The second-order valence-electron chi connectivity index (χ2n) is 9.17. The maximum atomic E-state index is 12.6. The number of piperazine rings is 3. The predicted octanol–water partition coefficient (Wildman–Crippen LogP) is -3.45. The van der Waals surface area contributed by atoms with Crippen LogP contribution in [0.15, 0.2) is 48.5 Å². The molecule has 0 aromatic heterocycles. The molecule has 0 radical (unpaired) electrons. The summed E-state index contributed by atoms with van der Waals surface area (Å²) in [7, 11) is 0. The molecule has 8 heteroatoms. The predicted molar refractivity (Wildman–Crippen MR) is 119 cm³/mol. The van der Waals surface area contributed by atoms with E-state index in [0.29, 0.717) is 13.1 Å². The lowest BCUT2D eigenvalue weighted by atomic mass is 10.1. The number of carbonyl (C=O) groups excluding carboxylic acids is 2. The first-order valence-electron chi connectivity index (χ1n) is 10.8. The van der Waals surface area contributed by atoms with Gasteiger partial charge in [-0.05, 0) is 38.1 Å². The number of anilines is 2. The zero-order chi connectivity index (χ0) is 21.2. The minimum atomic E-state index is 0. The van der Waals surface area contributed by atoms with Crippen LogP contribution in [-0.4, -0.2) is 73.1 Å². The standard InChI is InChI=1S/C24H30N4O2.2ClH/c1-19-3-7-21(8-4-19)25-23(29)17-27-11-14-28(15-12-27,16-13-27)18-24(30)26-22-9-5-20(2)6-10-22;;/h3-10H,11-18H2,1-2H3;2*1H. The topological polar surface area (TPSA) is 58.2 Å². The second kappa shape index (κ2) is 10.7. The fraction of sp³-hybridized carbons (Fsp3) is 0.417. The van der Waals surface area contributed by atoms with Crippen molar-refractivity contribution < 1.29 is 43.4 Å². The summed E-state index contributed by atoms with van der Waals surface area (Å²) in [6.07, 6.45) is 0. The third-order valence-electron chi connectivity index (χ3n) is 6.77. The Morgan fingerprint density at radius 2 is 0.906 bits per heavy atom. The number of carbonyl (C=O) groups is 2. The molecule has 0 atom stereocenters. The van der Waals surface area contributed by atoms with E-state index in [0.717, 1.165) is 59.6 Å². The van der Waals surface area contributed by atoms with Crippen LogP contribution in [0.2, 0.25) is 0 Å². The van der Waals surface area contributed by atoms with Gasteiger partial charge in [0.2, 0.25) is 0 Å². The van der Waals surface area contributed by atoms with Crippen molar-refractivity contribution in [2.24, 2.45) is 0 Å². The fourth-order valence-electron chi connectivity index (χ4n) is 4.70. The molecular formula is C24H32Cl2N4O2. The van der Waals surface area contributed by atoms with Gasteiger partial charge in [-0.1, -0.05) is 35.4 Å². The normalized spacial score (nSPS) is 23.4. The summed E-state index contributed by atoms with van der Waals surface area (Å²) in [6, 6.07) is 15.9. The summed E-state index contributed by atoms with van der Waals surface area (Å²) < 4.78 is 1.69. The Morgan fingerprint density at radius 1 is 0.625 bits per heavy atom. The van der Waals surface area contributed by atoms with Crippen molar-refractivity contribution in [2.45, 2.75) is 13.8 Å². The number of nitrogens with one attached hydrogen (secondary N) is 2. The maximum absolute atomic E-state index is 12.6. The van der Waals surface area contributed by atoms with E-state index in [-0.39, 0.29) is 36.6 Å². The molecule has 0 spiro atoms. The summed E-state index contributed by atoms with van der Waals surface area (Å²) in [5, 5.41) is 6.08. The second-order valence-corrected chi connectivity index (χ2v) is 9.17. The van der Waals surface area contributed by atoms with Gasteiger partial charge in [0.15, 0.2) is 13.1 Å². The molecule has 3 saturated heterocycles. The molecule has 3 fully saturated rings. The van der Waals surface area contributed by atoms with Gasteiger partial charge in [0.05, 0.1) is 0 Å². The van der Waals surface area contributed by atoms with Crippen LogP contribution in [-0.2, 0) is 9.59 Å². The zero-order valence-electron chi connectivity index (χ0n) is 18.7. The van der Waals surface area contributed by atoms with Gasteiger partial charge >= 0.3 is 0 Å². The van der Waals surface area contributed by atoms with E-state index in [2.05, 4.69) is 10.6 Å². The van der Waals surface area contributed by atoms with Gasteiger partial charge in [-0.2, -0.15) is 0 Å². The van der Waals surface area contributed by atoms with Crippen LogP contribution in [0.5, 0.6) is 0 Å². The van der Waals surface area contributed by atoms with Crippen LogP contribution in [0.25, 0.3) is 0 Å². The van der Waals surface area contributed by atoms with Crippen LogP contribution in [0.3, 0.4) is 0 Å². The van der Waals surface area contributed by atoms with Crippen LogP contribution in [0, 0.1) is 13.8 Å². The smallest absolute Gasteiger partial charge is 0.279 e. The average molecular weight is 479 g/mol. The number of nitrogens with zero attached hydrogens (tertiary/aromatic N) is 2. The van der Waals surface area contributed by atoms with E-state index in [1.807, 2.05) is 62.4 Å². The fourth-order valence-corrected chi connectivity index (χ4v) is 4.70. The molecule has 6 nitrogen and oxygen atoms in total. The Labute approximate surface area is 203 Å². The Balaban J connectivity index is 0.00000181. The molecule has 2 aromatic rings. The highest BCUT2D eigenvalue weighted by atomic mass is 35.5. The summed E-state index contributed by atoms with van der Waals surface area (Å²) in [5.74, 6) is 0.163. The number of amides is 2.